The molecular formula is C26H22N2O3. The van der Waals surface area contributed by atoms with E-state index < -0.39 is 0 Å². The average Bonchev–Trinajstić information content (AvgIpc) is 3.09. The molecule has 2 aliphatic heterocycles. The molecule has 0 saturated heterocycles. The van der Waals surface area contributed by atoms with E-state index in [2.05, 4.69) is 52.5 Å². The van der Waals surface area contributed by atoms with E-state index in [0.717, 1.165) is 45.8 Å². The van der Waals surface area contributed by atoms with Crippen molar-refractivity contribution in [3.8, 4) is 11.5 Å². The van der Waals surface area contributed by atoms with Gasteiger partial charge in [0.2, 0.25) is 5.91 Å². The first kappa shape index (κ1) is 18.1. The molecule has 1 atom stereocenters. The van der Waals surface area contributed by atoms with Crippen LogP contribution in [0.2, 0.25) is 0 Å². The number of carbonyl (C=O) groups excluding carboxylic acids is 1. The number of amides is 1. The van der Waals surface area contributed by atoms with E-state index in [-0.39, 0.29) is 11.8 Å². The molecule has 1 amide bonds. The monoisotopic (exact) mass is 410 g/mol. The Hall–Kier alpha value is -3.73. The zero-order chi connectivity index (χ0) is 20.8. The summed E-state index contributed by atoms with van der Waals surface area (Å²) in [7, 11) is 0. The number of carbonyl (C=O) groups is 1. The Morgan fingerprint density at radius 1 is 0.935 bits per heavy atom. The predicted octanol–water partition coefficient (Wildman–Crippen LogP) is 4.93. The van der Waals surface area contributed by atoms with Crippen LogP contribution in [0.4, 0.5) is 5.69 Å². The first-order chi connectivity index (χ1) is 15.3. The largest absolute Gasteiger partial charge is 0.486 e. The van der Waals surface area contributed by atoms with Gasteiger partial charge in [0, 0.05) is 30.5 Å². The minimum Gasteiger partial charge on any atom is -0.486 e. The van der Waals surface area contributed by atoms with Crippen LogP contribution in [0.1, 0.15) is 29.0 Å². The van der Waals surface area contributed by atoms with Gasteiger partial charge in [-0.1, -0.05) is 42.5 Å². The Morgan fingerprint density at radius 3 is 2.65 bits per heavy atom. The van der Waals surface area contributed by atoms with Crippen molar-refractivity contribution >= 4 is 22.5 Å². The van der Waals surface area contributed by atoms with E-state index in [4.69, 9.17) is 9.47 Å². The van der Waals surface area contributed by atoms with Gasteiger partial charge in [0.05, 0.1) is 11.2 Å². The molecule has 1 N–H and O–H groups in total. The van der Waals surface area contributed by atoms with Crippen molar-refractivity contribution in [3.05, 3.63) is 89.6 Å². The summed E-state index contributed by atoms with van der Waals surface area (Å²) in [6, 6.07) is 22.6. The summed E-state index contributed by atoms with van der Waals surface area (Å²) in [5, 5.41) is 4.23. The average molecular weight is 410 g/mol. The smallest absolute Gasteiger partial charge is 0.225 e. The SMILES string of the molecule is O=C1C[C@H](c2ccc3c(c2)OCCO3)c2cn(Cc3ccccc3)c3cccc(c23)N1. The number of aromatic nitrogens is 1. The van der Waals surface area contributed by atoms with E-state index in [1.165, 1.54) is 5.56 Å². The molecular weight excluding hydrogens is 388 g/mol. The maximum absolute atomic E-state index is 12.8. The van der Waals surface area contributed by atoms with Crippen molar-refractivity contribution in [1.29, 1.82) is 0 Å². The fourth-order valence-electron chi connectivity index (χ4n) is 4.73. The zero-order valence-corrected chi connectivity index (χ0v) is 17.0. The van der Waals surface area contributed by atoms with Crippen molar-refractivity contribution in [2.24, 2.45) is 0 Å². The topological polar surface area (TPSA) is 52.5 Å². The van der Waals surface area contributed by atoms with Gasteiger partial charge in [0.15, 0.2) is 11.5 Å². The molecule has 0 radical (unpaired) electrons. The summed E-state index contributed by atoms with van der Waals surface area (Å²) in [5.74, 6) is 1.49. The quantitative estimate of drug-likeness (QED) is 0.521. The van der Waals surface area contributed by atoms with E-state index in [9.17, 15) is 4.79 Å². The molecule has 5 heteroatoms. The van der Waals surface area contributed by atoms with Crippen LogP contribution in [0.25, 0.3) is 10.9 Å². The Bertz CT molecular complexity index is 1290. The van der Waals surface area contributed by atoms with Gasteiger partial charge in [-0.05, 0) is 41.0 Å². The van der Waals surface area contributed by atoms with Crippen molar-refractivity contribution in [3.63, 3.8) is 0 Å². The normalized spacial score (nSPS) is 17.3. The highest BCUT2D eigenvalue weighted by Crippen LogP contribution is 2.43. The van der Waals surface area contributed by atoms with Crippen LogP contribution in [-0.2, 0) is 11.3 Å². The molecule has 5 nitrogen and oxygen atoms in total. The summed E-state index contributed by atoms with van der Waals surface area (Å²) in [5.41, 5.74) is 5.48. The number of rotatable bonds is 3. The first-order valence-corrected chi connectivity index (χ1v) is 10.6. The van der Waals surface area contributed by atoms with E-state index in [1.54, 1.807) is 0 Å². The summed E-state index contributed by atoms with van der Waals surface area (Å²) in [6.07, 6.45) is 2.60. The van der Waals surface area contributed by atoms with Gasteiger partial charge in [0.25, 0.3) is 0 Å². The van der Waals surface area contributed by atoms with Crippen molar-refractivity contribution in [1.82, 2.24) is 4.57 Å². The molecule has 6 rings (SSSR count). The molecule has 3 aromatic carbocycles. The molecule has 2 aliphatic rings. The van der Waals surface area contributed by atoms with Gasteiger partial charge in [-0.2, -0.15) is 0 Å². The maximum Gasteiger partial charge on any atom is 0.225 e. The van der Waals surface area contributed by atoms with Crippen molar-refractivity contribution in [2.75, 3.05) is 18.5 Å². The maximum atomic E-state index is 12.8. The molecule has 1 aromatic heterocycles. The lowest BCUT2D eigenvalue weighted by atomic mass is 9.88. The van der Waals surface area contributed by atoms with Gasteiger partial charge in [-0.3, -0.25) is 4.79 Å². The van der Waals surface area contributed by atoms with Crippen molar-refractivity contribution < 1.29 is 14.3 Å². The molecule has 4 aromatic rings. The van der Waals surface area contributed by atoms with Gasteiger partial charge >= 0.3 is 0 Å². The second-order valence-corrected chi connectivity index (χ2v) is 8.11. The number of anilines is 1. The Kier molecular flexibility index (Phi) is 4.20. The van der Waals surface area contributed by atoms with Crippen LogP contribution < -0.4 is 14.8 Å². The van der Waals surface area contributed by atoms with Crippen LogP contribution in [0.3, 0.4) is 0 Å². The zero-order valence-electron chi connectivity index (χ0n) is 17.0. The molecule has 154 valence electrons. The number of benzene rings is 3. The van der Waals surface area contributed by atoms with Crippen LogP contribution in [0.15, 0.2) is 72.9 Å². The molecule has 0 bridgehead atoms. The second-order valence-electron chi connectivity index (χ2n) is 8.11. The Labute approximate surface area is 180 Å². The lowest BCUT2D eigenvalue weighted by Gasteiger charge is -2.21. The summed E-state index contributed by atoms with van der Waals surface area (Å²) >= 11 is 0. The van der Waals surface area contributed by atoms with Gasteiger partial charge < -0.3 is 19.4 Å². The molecule has 0 unspecified atom stereocenters. The van der Waals surface area contributed by atoms with Gasteiger partial charge in [-0.25, -0.2) is 0 Å². The third-order valence-corrected chi connectivity index (χ3v) is 6.14. The minimum atomic E-state index is -0.0565. The number of nitrogens with zero attached hydrogens (tertiary/aromatic N) is 1. The van der Waals surface area contributed by atoms with E-state index in [1.807, 2.05) is 30.3 Å². The van der Waals surface area contributed by atoms with Crippen LogP contribution in [-0.4, -0.2) is 23.7 Å². The molecule has 0 saturated carbocycles. The number of fused-ring (bicyclic) bond motifs is 1. The highest BCUT2D eigenvalue weighted by molar-refractivity contribution is 6.06. The lowest BCUT2D eigenvalue weighted by molar-refractivity contribution is -0.116. The molecule has 0 fully saturated rings. The third-order valence-electron chi connectivity index (χ3n) is 6.14. The Morgan fingerprint density at radius 2 is 1.77 bits per heavy atom. The first-order valence-electron chi connectivity index (χ1n) is 10.6. The van der Waals surface area contributed by atoms with E-state index >= 15 is 0 Å². The fraction of sp³-hybridized carbons (Fsp3) is 0.192. The number of hydrogen-bond acceptors (Lipinski definition) is 3. The Balaban J connectivity index is 1.51. The number of ether oxygens (including phenoxy) is 2. The minimum absolute atomic E-state index is 0.0261. The molecule has 0 aliphatic carbocycles. The standard InChI is InChI=1S/C26H22N2O3/c29-25-14-19(18-9-10-23-24(13-18)31-12-11-30-23)20-16-28(15-17-5-2-1-3-6-17)22-8-4-7-21(27-25)26(20)22/h1-10,13,16,19H,11-12,14-15H2,(H,27,29)/t19-/m1/s1. The third kappa shape index (κ3) is 3.13. The highest BCUT2D eigenvalue weighted by atomic mass is 16.6. The molecule has 0 spiro atoms. The van der Waals surface area contributed by atoms with Crippen molar-refractivity contribution in [2.45, 2.75) is 18.9 Å². The summed E-state index contributed by atoms with van der Waals surface area (Å²) < 4.78 is 13.8. The van der Waals surface area contributed by atoms with E-state index in [0.29, 0.717) is 19.6 Å². The van der Waals surface area contributed by atoms with Gasteiger partial charge in [-0.15, -0.1) is 0 Å². The van der Waals surface area contributed by atoms with Gasteiger partial charge in [0.1, 0.15) is 13.2 Å². The van der Waals surface area contributed by atoms with Crippen LogP contribution >= 0.6 is 0 Å². The molecule has 31 heavy (non-hydrogen) atoms. The second kappa shape index (κ2) is 7.20. The highest BCUT2D eigenvalue weighted by Gasteiger charge is 2.29. The predicted molar refractivity (Wildman–Crippen MR) is 120 cm³/mol. The number of nitrogens with one attached hydrogen (secondary N) is 1. The summed E-state index contributed by atoms with van der Waals surface area (Å²) in [6.45, 7) is 1.89. The van der Waals surface area contributed by atoms with Crippen LogP contribution in [0, 0.1) is 0 Å². The molecule has 3 heterocycles. The lowest BCUT2D eigenvalue weighted by Crippen LogP contribution is -2.16. The fourth-order valence-corrected chi connectivity index (χ4v) is 4.73. The summed E-state index contributed by atoms with van der Waals surface area (Å²) in [4.78, 5) is 12.8. The van der Waals surface area contributed by atoms with Crippen LogP contribution in [0.5, 0.6) is 11.5 Å². The number of hydrogen-bond donors (Lipinski definition) is 1.